The molecule has 2 aromatic rings. The fraction of sp³-hybridized carbons (Fsp3) is 0.471. The lowest BCUT2D eigenvalue weighted by Gasteiger charge is -2.10. The van der Waals surface area contributed by atoms with Gasteiger partial charge in [0.2, 0.25) is 0 Å². The molecule has 1 N–H and O–H groups in total. The van der Waals surface area contributed by atoms with Crippen LogP contribution in [0, 0.1) is 6.92 Å². The Kier molecular flexibility index (Phi) is 3.62. The van der Waals surface area contributed by atoms with Gasteiger partial charge in [0, 0.05) is 35.8 Å². The van der Waals surface area contributed by atoms with Crippen molar-refractivity contribution in [2.24, 2.45) is 7.05 Å². The third kappa shape index (κ3) is 2.50. The number of carbonyl (C=O) groups excluding carboxylic acids is 1. The first-order valence-electron chi connectivity index (χ1n) is 7.47. The van der Waals surface area contributed by atoms with Gasteiger partial charge in [-0.15, -0.1) is 0 Å². The van der Waals surface area contributed by atoms with Crippen molar-refractivity contribution >= 4 is 16.7 Å². The topological polar surface area (TPSA) is 34.0 Å². The van der Waals surface area contributed by atoms with E-state index in [1.807, 2.05) is 17.8 Å². The first-order valence-corrected chi connectivity index (χ1v) is 7.47. The second-order valence-corrected chi connectivity index (χ2v) is 5.96. The van der Waals surface area contributed by atoms with E-state index in [0.717, 1.165) is 16.5 Å². The lowest BCUT2D eigenvalue weighted by Crippen LogP contribution is -2.31. The standard InChI is InChI=1S/C17H22N2O/c1-12-7-8-14-15(11-19(2)16(14)9-12)17(20)10-18-13-5-3-4-6-13/h7-9,11,13,18H,3-6,10H2,1-2H3. The average molecular weight is 270 g/mol. The highest BCUT2D eigenvalue weighted by Crippen LogP contribution is 2.22. The molecule has 3 heteroatoms. The molecule has 1 fully saturated rings. The molecule has 3 nitrogen and oxygen atoms in total. The number of rotatable bonds is 4. The van der Waals surface area contributed by atoms with Crippen LogP contribution in [0.25, 0.3) is 10.9 Å². The second kappa shape index (κ2) is 5.41. The summed E-state index contributed by atoms with van der Waals surface area (Å²) in [6, 6.07) is 6.81. The molecule has 106 valence electrons. The van der Waals surface area contributed by atoms with Gasteiger partial charge in [0.15, 0.2) is 5.78 Å². The van der Waals surface area contributed by atoms with Crippen LogP contribution in [0.3, 0.4) is 0 Å². The van der Waals surface area contributed by atoms with Crippen molar-refractivity contribution in [2.45, 2.75) is 38.6 Å². The Labute approximate surface area is 120 Å². The number of ketones is 1. The molecule has 0 unspecified atom stereocenters. The predicted molar refractivity (Wildman–Crippen MR) is 82.2 cm³/mol. The highest BCUT2D eigenvalue weighted by Gasteiger charge is 2.18. The number of fused-ring (bicyclic) bond motifs is 1. The van der Waals surface area contributed by atoms with E-state index in [4.69, 9.17) is 0 Å². The first-order chi connectivity index (χ1) is 9.65. The number of benzene rings is 1. The fourth-order valence-corrected chi connectivity index (χ4v) is 3.18. The summed E-state index contributed by atoms with van der Waals surface area (Å²) in [7, 11) is 2.00. The van der Waals surface area contributed by atoms with Crippen LogP contribution in [-0.4, -0.2) is 22.9 Å². The van der Waals surface area contributed by atoms with Crippen LogP contribution in [0.15, 0.2) is 24.4 Å². The summed E-state index contributed by atoms with van der Waals surface area (Å²) in [6.45, 7) is 2.53. The lowest BCUT2D eigenvalue weighted by molar-refractivity contribution is 0.0989. The van der Waals surface area contributed by atoms with Crippen LogP contribution in [0.4, 0.5) is 0 Å². The van der Waals surface area contributed by atoms with E-state index in [2.05, 4.69) is 30.4 Å². The number of carbonyl (C=O) groups is 1. The maximum Gasteiger partial charge on any atom is 0.178 e. The van der Waals surface area contributed by atoms with Crippen molar-refractivity contribution in [3.8, 4) is 0 Å². The largest absolute Gasteiger partial charge is 0.350 e. The first kappa shape index (κ1) is 13.4. The lowest BCUT2D eigenvalue weighted by atomic mass is 10.1. The van der Waals surface area contributed by atoms with Gasteiger partial charge in [-0.05, 0) is 31.4 Å². The van der Waals surface area contributed by atoms with Crippen molar-refractivity contribution < 1.29 is 4.79 Å². The Bertz CT molecular complexity index is 636. The zero-order valence-electron chi connectivity index (χ0n) is 12.3. The van der Waals surface area contributed by atoms with E-state index in [1.165, 1.54) is 31.2 Å². The summed E-state index contributed by atoms with van der Waals surface area (Å²) in [5.74, 6) is 0.200. The molecular formula is C17H22N2O. The Balaban J connectivity index is 1.80. The molecule has 20 heavy (non-hydrogen) atoms. The fourth-order valence-electron chi connectivity index (χ4n) is 3.18. The third-order valence-electron chi connectivity index (χ3n) is 4.35. The summed E-state index contributed by atoms with van der Waals surface area (Å²) >= 11 is 0. The highest BCUT2D eigenvalue weighted by atomic mass is 16.1. The van der Waals surface area contributed by atoms with Gasteiger partial charge in [0.1, 0.15) is 0 Å². The van der Waals surface area contributed by atoms with Crippen LogP contribution in [0.2, 0.25) is 0 Å². The number of hydrogen-bond donors (Lipinski definition) is 1. The molecule has 0 spiro atoms. The molecule has 0 atom stereocenters. The van der Waals surface area contributed by atoms with Gasteiger partial charge >= 0.3 is 0 Å². The molecule has 1 aromatic heterocycles. The van der Waals surface area contributed by atoms with Crippen molar-refractivity contribution in [3.05, 3.63) is 35.5 Å². The summed E-state index contributed by atoms with van der Waals surface area (Å²) in [5.41, 5.74) is 3.20. The van der Waals surface area contributed by atoms with Crippen molar-refractivity contribution in [3.63, 3.8) is 0 Å². The van der Waals surface area contributed by atoms with Gasteiger partial charge < -0.3 is 9.88 Å². The maximum absolute atomic E-state index is 12.4. The molecule has 1 aliphatic rings. The van der Waals surface area contributed by atoms with Crippen LogP contribution >= 0.6 is 0 Å². The monoisotopic (exact) mass is 270 g/mol. The number of aryl methyl sites for hydroxylation is 2. The van der Waals surface area contributed by atoms with Crippen LogP contribution < -0.4 is 5.32 Å². The summed E-state index contributed by atoms with van der Waals surface area (Å²) < 4.78 is 2.05. The third-order valence-corrected chi connectivity index (χ3v) is 4.35. The number of nitrogens with one attached hydrogen (secondary N) is 1. The van der Waals surface area contributed by atoms with Gasteiger partial charge in [-0.2, -0.15) is 0 Å². The van der Waals surface area contributed by atoms with Crippen molar-refractivity contribution in [1.29, 1.82) is 0 Å². The van der Waals surface area contributed by atoms with Crippen LogP contribution in [0.5, 0.6) is 0 Å². The molecule has 0 aliphatic heterocycles. The van der Waals surface area contributed by atoms with E-state index in [9.17, 15) is 4.79 Å². The van der Waals surface area contributed by atoms with E-state index < -0.39 is 0 Å². The van der Waals surface area contributed by atoms with Crippen LogP contribution in [-0.2, 0) is 7.05 Å². The highest BCUT2D eigenvalue weighted by molar-refractivity contribution is 6.09. The molecule has 1 aliphatic carbocycles. The van der Waals surface area contributed by atoms with Gasteiger partial charge in [-0.25, -0.2) is 0 Å². The average Bonchev–Trinajstić information content (AvgIpc) is 3.05. The molecule has 0 radical (unpaired) electrons. The number of hydrogen-bond acceptors (Lipinski definition) is 2. The molecular weight excluding hydrogens is 248 g/mol. The summed E-state index contributed by atoms with van der Waals surface area (Å²) in [6.07, 6.45) is 6.96. The minimum atomic E-state index is 0.200. The summed E-state index contributed by atoms with van der Waals surface area (Å²) in [4.78, 5) is 12.4. The number of nitrogens with zero attached hydrogens (tertiary/aromatic N) is 1. The molecule has 3 rings (SSSR count). The van der Waals surface area contributed by atoms with Gasteiger partial charge in [0.05, 0.1) is 6.54 Å². The Hall–Kier alpha value is -1.61. The van der Waals surface area contributed by atoms with Gasteiger partial charge in [-0.1, -0.05) is 25.0 Å². The minimum Gasteiger partial charge on any atom is -0.350 e. The zero-order chi connectivity index (χ0) is 14.1. The molecule has 0 amide bonds. The van der Waals surface area contributed by atoms with E-state index in [1.54, 1.807) is 0 Å². The molecule has 1 heterocycles. The molecule has 1 aromatic carbocycles. The quantitative estimate of drug-likeness (QED) is 0.866. The van der Waals surface area contributed by atoms with Gasteiger partial charge in [0.25, 0.3) is 0 Å². The number of aromatic nitrogens is 1. The maximum atomic E-state index is 12.4. The van der Waals surface area contributed by atoms with Crippen molar-refractivity contribution in [1.82, 2.24) is 9.88 Å². The predicted octanol–water partition coefficient (Wildman–Crippen LogP) is 3.20. The zero-order valence-corrected chi connectivity index (χ0v) is 12.3. The molecule has 1 saturated carbocycles. The smallest absolute Gasteiger partial charge is 0.178 e. The second-order valence-electron chi connectivity index (χ2n) is 5.96. The van der Waals surface area contributed by atoms with E-state index >= 15 is 0 Å². The van der Waals surface area contributed by atoms with Crippen molar-refractivity contribution in [2.75, 3.05) is 6.54 Å². The van der Waals surface area contributed by atoms with E-state index in [-0.39, 0.29) is 5.78 Å². The Morgan fingerprint density at radius 2 is 2.10 bits per heavy atom. The summed E-state index contributed by atoms with van der Waals surface area (Å²) in [5, 5.41) is 4.47. The SMILES string of the molecule is Cc1ccc2c(C(=O)CNC3CCCC3)cn(C)c2c1. The normalized spacial score (nSPS) is 16.1. The van der Waals surface area contributed by atoms with Gasteiger partial charge in [-0.3, -0.25) is 4.79 Å². The number of Topliss-reactive ketones (excluding diaryl/α,β-unsaturated/α-hetero) is 1. The molecule has 0 saturated heterocycles. The van der Waals surface area contributed by atoms with E-state index in [0.29, 0.717) is 12.6 Å². The Morgan fingerprint density at radius 1 is 1.35 bits per heavy atom. The van der Waals surface area contributed by atoms with Crippen LogP contribution in [0.1, 0.15) is 41.6 Å². The Morgan fingerprint density at radius 3 is 2.85 bits per heavy atom. The molecule has 0 bridgehead atoms. The minimum absolute atomic E-state index is 0.200.